The molecule has 51 heavy (non-hydrogen) atoms. The van der Waals surface area contributed by atoms with Crippen molar-refractivity contribution in [3.05, 3.63) is 187 Å². The van der Waals surface area contributed by atoms with Crippen LogP contribution >= 0.6 is 0 Å². The summed E-state index contributed by atoms with van der Waals surface area (Å²) >= 11 is 0. The number of benzene rings is 8. The number of nitrogens with zero attached hydrogens (tertiary/aromatic N) is 1. The number of furan rings is 1. The third kappa shape index (κ3) is 4.64. The van der Waals surface area contributed by atoms with Crippen molar-refractivity contribution in [2.75, 3.05) is 4.90 Å². The first-order chi connectivity index (χ1) is 25.0. The highest BCUT2D eigenvalue weighted by Gasteiger charge is 2.35. The summed E-state index contributed by atoms with van der Waals surface area (Å²) in [6.45, 7) is 4.68. The van der Waals surface area contributed by atoms with Crippen molar-refractivity contribution < 1.29 is 4.42 Å². The molecule has 0 aliphatic heterocycles. The van der Waals surface area contributed by atoms with Crippen molar-refractivity contribution in [2.45, 2.75) is 19.3 Å². The van der Waals surface area contributed by atoms with E-state index < -0.39 is 0 Å². The van der Waals surface area contributed by atoms with E-state index in [9.17, 15) is 0 Å². The summed E-state index contributed by atoms with van der Waals surface area (Å²) in [6.07, 6.45) is 0. The molecule has 0 spiro atoms. The van der Waals surface area contributed by atoms with Crippen molar-refractivity contribution >= 4 is 49.8 Å². The molecular formula is C49H35NO. The quantitative estimate of drug-likeness (QED) is 0.184. The van der Waals surface area contributed by atoms with E-state index in [1.54, 1.807) is 0 Å². The van der Waals surface area contributed by atoms with Gasteiger partial charge in [0.15, 0.2) is 0 Å². The summed E-state index contributed by atoms with van der Waals surface area (Å²) in [5.74, 6) is 0. The van der Waals surface area contributed by atoms with E-state index >= 15 is 0 Å². The maximum absolute atomic E-state index is 6.23. The van der Waals surface area contributed by atoms with Gasteiger partial charge in [0, 0.05) is 33.1 Å². The van der Waals surface area contributed by atoms with Gasteiger partial charge in [0.2, 0.25) is 0 Å². The first-order valence-electron chi connectivity index (χ1n) is 17.7. The molecule has 0 saturated heterocycles. The molecule has 0 atom stereocenters. The maximum atomic E-state index is 6.23. The summed E-state index contributed by atoms with van der Waals surface area (Å²) < 4.78 is 6.23. The minimum atomic E-state index is -0.0486. The second-order valence-electron chi connectivity index (χ2n) is 14.1. The standard InChI is InChI=1S/C49H35NO/c1-49(2)43-17-9-6-15-39(43)42-31-37(27-28-44(42)49)50(45-18-10-7-14-38(45)33-12-4-3-5-13-33)36-25-22-32(23-26-36)35-21-20-34-24-29-47-48(41(34)30-35)40-16-8-11-19-46(40)51-47/h3-31H,1-2H3. The van der Waals surface area contributed by atoms with Gasteiger partial charge in [0.05, 0.1) is 5.69 Å². The fourth-order valence-corrected chi connectivity index (χ4v) is 8.33. The third-order valence-electron chi connectivity index (χ3n) is 10.9. The molecule has 1 aliphatic rings. The van der Waals surface area contributed by atoms with Crippen molar-refractivity contribution in [3.8, 4) is 33.4 Å². The molecule has 0 saturated carbocycles. The summed E-state index contributed by atoms with van der Waals surface area (Å²) in [4.78, 5) is 2.42. The lowest BCUT2D eigenvalue weighted by atomic mass is 9.82. The number of hydrogen-bond donors (Lipinski definition) is 0. The lowest BCUT2D eigenvalue weighted by Gasteiger charge is -2.29. The van der Waals surface area contributed by atoms with Gasteiger partial charge in [-0.1, -0.05) is 141 Å². The van der Waals surface area contributed by atoms with E-state index in [1.807, 2.05) is 12.1 Å². The fraction of sp³-hybridized carbons (Fsp3) is 0.0612. The number of rotatable bonds is 5. The lowest BCUT2D eigenvalue weighted by molar-refractivity contribution is 0.660. The summed E-state index contributed by atoms with van der Waals surface area (Å²) in [5.41, 5.74) is 15.3. The molecule has 0 N–H and O–H groups in total. The molecule has 1 aliphatic carbocycles. The van der Waals surface area contributed by atoms with Crippen molar-refractivity contribution in [2.24, 2.45) is 0 Å². The predicted octanol–water partition coefficient (Wildman–Crippen LogP) is 13.8. The number of anilines is 3. The Morgan fingerprint density at radius 1 is 0.431 bits per heavy atom. The zero-order chi connectivity index (χ0) is 34.1. The molecule has 0 fully saturated rings. The highest BCUT2D eigenvalue weighted by Crippen LogP contribution is 2.51. The van der Waals surface area contributed by atoms with Crippen molar-refractivity contribution in [1.82, 2.24) is 0 Å². The Kier molecular flexibility index (Phi) is 6.56. The minimum absolute atomic E-state index is 0.0486. The summed E-state index contributed by atoms with van der Waals surface area (Å²) in [5, 5.41) is 4.74. The molecule has 1 aromatic heterocycles. The summed E-state index contributed by atoms with van der Waals surface area (Å²) in [7, 11) is 0. The molecular weight excluding hydrogens is 619 g/mol. The molecule has 0 bridgehead atoms. The highest BCUT2D eigenvalue weighted by atomic mass is 16.3. The molecule has 9 aromatic rings. The van der Waals surface area contributed by atoms with Gasteiger partial charge in [-0.3, -0.25) is 0 Å². The predicted molar refractivity (Wildman–Crippen MR) is 214 cm³/mol. The third-order valence-corrected chi connectivity index (χ3v) is 10.9. The van der Waals surface area contributed by atoms with Crippen LogP contribution in [0.1, 0.15) is 25.0 Å². The van der Waals surface area contributed by atoms with Crippen LogP contribution in [0.3, 0.4) is 0 Å². The van der Waals surface area contributed by atoms with Gasteiger partial charge in [0.25, 0.3) is 0 Å². The van der Waals surface area contributed by atoms with Crippen LogP contribution in [0.4, 0.5) is 17.1 Å². The number of hydrogen-bond acceptors (Lipinski definition) is 2. The first kappa shape index (κ1) is 29.5. The van der Waals surface area contributed by atoms with E-state index in [0.717, 1.165) is 33.6 Å². The molecule has 0 radical (unpaired) electrons. The van der Waals surface area contributed by atoms with Gasteiger partial charge in [-0.15, -0.1) is 0 Å². The summed E-state index contributed by atoms with van der Waals surface area (Å²) in [6, 6.07) is 63.7. The van der Waals surface area contributed by atoms with Crippen LogP contribution in [0.5, 0.6) is 0 Å². The van der Waals surface area contributed by atoms with Crippen molar-refractivity contribution in [1.29, 1.82) is 0 Å². The van der Waals surface area contributed by atoms with Crippen LogP contribution in [-0.2, 0) is 5.41 Å². The Balaban J connectivity index is 1.13. The van der Waals surface area contributed by atoms with Gasteiger partial charge in [-0.25, -0.2) is 0 Å². The second-order valence-corrected chi connectivity index (χ2v) is 14.1. The maximum Gasteiger partial charge on any atom is 0.136 e. The average molecular weight is 654 g/mol. The Morgan fingerprint density at radius 2 is 1.10 bits per heavy atom. The van der Waals surface area contributed by atoms with Crippen LogP contribution in [0.25, 0.3) is 66.1 Å². The van der Waals surface area contributed by atoms with Crippen LogP contribution in [-0.4, -0.2) is 0 Å². The molecule has 0 unspecified atom stereocenters. The fourth-order valence-electron chi connectivity index (χ4n) is 8.33. The normalized spacial score (nSPS) is 13.1. The van der Waals surface area contributed by atoms with E-state index in [4.69, 9.17) is 4.42 Å². The van der Waals surface area contributed by atoms with Crippen LogP contribution in [0, 0.1) is 0 Å². The largest absolute Gasteiger partial charge is 0.456 e. The number of para-hydroxylation sites is 2. The Hall–Kier alpha value is -6.38. The van der Waals surface area contributed by atoms with Crippen LogP contribution < -0.4 is 4.90 Å². The molecule has 8 aromatic carbocycles. The van der Waals surface area contributed by atoms with Gasteiger partial charge in [-0.05, 0) is 98.2 Å². The molecule has 2 nitrogen and oxygen atoms in total. The van der Waals surface area contributed by atoms with Gasteiger partial charge in [0.1, 0.15) is 11.2 Å². The second kappa shape index (κ2) is 11.3. The molecule has 0 amide bonds. The topological polar surface area (TPSA) is 16.4 Å². The van der Waals surface area contributed by atoms with Crippen molar-refractivity contribution in [3.63, 3.8) is 0 Å². The van der Waals surface area contributed by atoms with Gasteiger partial charge >= 0.3 is 0 Å². The molecule has 242 valence electrons. The Labute approximate surface area is 297 Å². The first-order valence-corrected chi connectivity index (χ1v) is 17.7. The number of fused-ring (bicyclic) bond motifs is 8. The van der Waals surface area contributed by atoms with Crippen LogP contribution in [0.15, 0.2) is 180 Å². The van der Waals surface area contributed by atoms with Gasteiger partial charge in [-0.2, -0.15) is 0 Å². The van der Waals surface area contributed by atoms with Gasteiger partial charge < -0.3 is 9.32 Å². The van der Waals surface area contributed by atoms with Crippen LogP contribution in [0.2, 0.25) is 0 Å². The average Bonchev–Trinajstić information content (AvgIpc) is 3.68. The zero-order valence-electron chi connectivity index (χ0n) is 28.6. The smallest absolute Gasteiger partial charge is 0.136 e. The Bertz CT molecular complexity index is 2770. The van der Waals surface area contributed by atoms with E-state index in [-0.39, 0.29) is 5.41 Å². The van der Waals surface area contributed by atoms with E-state index in [1.165, 1.54) is 60.7 Å². The molecule has 10 rings (SSSR count). The lowest BCUT2D eigenvalue weighted by Crippen LogP contribution is -2.15. The highest BCUT2D eigenvalue weighted by molar-refractivity contribution is 6.19. The SMILES string of the molecule is CC1(C)c2ccccc2-c2cc(N(c3ccc(-c4ccc5ccc6oc7ccccc7c6c5c4)cc3)c3ccccc3-c3ccccc3)ccc21. The molecule has 2 heteroatoms. The molecule has 1 heterocycles. The zero-order valence-corrected chi connectivity index (χ0v) is 28.6. The van der Waals surface area contributed by atoms with E-state index in [2.05, 4.69) is 183 Å². The monoisotopic (exact) mass is 653 g/mol. The van der Waals surface area contributed by atoms with E-state index in [0.29, 0.717) is 0 Å². The minimum Gasteiger partial charge on any atom is -0.456 e. The Morgan fingerprint density at radius 3 is 1.96 bits per heavy atom.